The lowest BCUT2D eigenvalue weighted by molar-refractivity contribution is 1.05. The summed E-state index contributed by atoms with van der Waals surface area (Å²) in [6.07, 6.45) is 0. The normalized spacial score (nSPS) is 11.6. The van der Waals surface area contributed by atoms with E-state index < -0.39 is 0 Å². The lowest BCUT2D eigenvalue weighted by atomic mass is 10.3. The maximum absolute atomic E-state index is 5.58. The fourth-order valence-electron chi connectivity index (χ4n) is 1.62. The van der Waals surface area contributed by atoms with Crippen LogP contribution in [-0.2, 0) is 13.1 Å². The molecule has 4 N–H and O–H groups in total. The highest BCUT2D eigenvalue weighted by Gasteiger charge is 2.08. The third-order valence-corrected chi connectivity index (χ3v) is 4.42. The molecule has 1 aromatic carbocycles. The molecule has 0 spiro atoms. The van der Waals surface area contributed by atoms with E-state index in [0.717, 1.165) is 30.4 Å². The van der Waals surface area contributed by atoms with Crippen molar-refractivity contribution >= 4 is 43.1 Å². The number of nitrogens with two attached hydrogens (primary N) is 2. The minimum absolute atomic E-state index is 0.495. The number of hydrogen-bond acceptors (Lipinski definition) is 6. The van der Waals surface area contributed by atoms with Gasteiger partial charge in [-0.15, -0.1) is 22.7 Å². The van der Waals surface area contributed by atoms with Crippen LogP contribution in [0.25, 0.3) is 20.4 Å². The Balaban J connectivity index is 2.28. The minimum Gasteiger partial charge on any atom is -0.325 e. The molecule has 6 heteroatoms. The number of benzene rings is 1. The molecule has 3 rings (SSSR count). The van der Waals surface area contributed by atoms with Gasteiger partial charge in [0.15, 0.2) is 0 Å². The van der Waals surface area contributed by atoms with Crippen molar-refractivity contribution in [2.45, 2.75) is 13.1 Å². The first-order chi connectivity index (χ1) is 7.80. The molecule has 3 aromatic rings. The zero-order chi connectivity index (χ0) is 11.1. The van der Waals surface area contributed by atoms with Gasteiger partial charge in [0.05, 0.1) is 20.4 Å². The Morgan fingerprint density at radius 2 is 1.31 bits per heavy atom. The Hall–Kier alpha value is -1.08. The van der Waals surface area contributed by atoms with E-state index in [4.69, 9.17) is 11.5 Å². The van der Waals surface area contributed by atoms with Gasteiger partial charge in [-0.3, -0.25) is 0 Å². The lowest BCUT2D eigenvalue weighted by Gasteiger charge is -1.86. The van der Waals surface area contributed by atoms with Crippen molar-refractivity contribution in [1.82, 2.24) is 9.97 Å². The SMILES string of the molecule is NCc1nc2cc3sc(CN)nc3cc2s1. The van der Waals surface area contributed by atoms with Crippen molar-refractivity contribution in [1.29, 1.82) is 0 Å². The molecular weight excluding hydrogens is 240 g/mol. The average molecular weight is 250 g/mol. The molecular formula is C10H10N4S2. The first-order valence-corrected chi connectivity index (χ1v) is 6.52. The van der Waals surface area contributed by atoms with Crippen LogP contribution in [-0.4, -0.2) is 9.97 Å². The van der Waals surface area contributed by atoms with E-state index >= 15 is 0 Å². The molecule has 0 amide bonds. The van der Waals surface area contributed by atoms with Crippen molar-refractivity contribution < 1.29 is 0 Å². The van der Waals surface area contributed by atoms with E-state index in [1.807, 2.05) is 0 Å². The number of fused-ring (bicyclic) bond motifs is 2. The molecule has 2 aromatic heterocycles. The Bertz CT molecular complexity index is 550. The fourth-order valence-corrected chi connectivity index (χ4v) is 3.34. The van der Waals surface area contributed by atoms with E-state index in [0.29, 0.717) is 13.1 Å². The van der Waals surface area contributed by atoms with Crippen LogP contribution in [0.3, 0.4) is 0 Å². The van der Waals surface area contributed by atoms with Gasteiger partial charge in [0.1, 0.15) is 10.0 Å². The third kappa shape index (κ3) is 1.51. The summed E-state index contributed by atoms with van der Waals surface area (Å²) >= 11 is 3.25. The smallest absolute Gasteiger partial charge is 0.107 e. The van der Waals surface area contributed by atoms with Gasteiger partial charge in [-0.2, -0.15) is 0 Å². The number of hydrogen-bond donors (Lipinski definition) is 2. The molecule has 0 fully saturated rings. The second kappa shape index (κ2) is 3.74. The van der Waals surface area contributed by atoms with Gasteiger partial charge in [0.25, 0.3) is 0 Å². The summed E-state index contributed by atoms with van der Waals surface area (Å²) in [5.41, 5.74) is 13.2. The number of nitrogens with zero attached hydrogens (tertiary/aromatic N) is 2. The van der Waals surface area contributed by atoms with Crippen molar-refractivity contribution in [2.24, 2.45) is 11.5 Å². The molecule has 82 valence electrons. The van der Waals surface area contributed by atoms with Gasteiger partial charge in [-0.25, -0.2) is 9.97 Å². The van der Waals surface area contributed by atoms with Gasteiger partial charge in [0.2, 0.25) is 0 Å². The summed E-state index contributed by atoms with van der Waals surface area (Å²) in [7, 11) is 0. The maximum atomic E-state index is 5.58. The largest absolute Gasteiger partial charge is 0.325 e. The second-order valence-electron chi connectivity index (χ2n) is 3.41. The van der Waals surface area contributed by atoms with Crippen molar-refractivity contribution in [3.8, 4) is 0 Å². The predicted octanol–water partition coefficient (Wildman–Crippen LogP) is 1.82. The molecule has 0 saturated carbocycles. The van der Waals surface area contributed by atoms with E-state index in [9.17, 15) is 0 Å². The van der Waals surface area contributed by atoms with Crippen LogP contribution in [0.1, 0.15) is 10.0 Å². The molecule has 0 atom stereocenters. The van der Waals surface area contributed by atoms with Crippen LogP contribution in [0.5, 0.6) is 0 Å². The molecule has 0 aliphatic rings. The quantitative estimate of drug-likeness (QED) is 0.727. The second-order valence-corrected chi connectivity index (χ2v) is 5.64. The summed E-state index contributed by atoms with van der Waals surface area (Å²) in [5, 5.41) is 1.93. The van der Waals surface area contributed by atoms with Crippen LogP contribution in [0, 0.1) is 0 Å². The maximum Gasteiger partial charge on any atom is 0.107 e. The van der Waals surface area contributed by atoms with Crippen molar-refractivity contribution in [3.05, 3.63) is 22.1 Å². The van der Waals surface area contributed by atoms with Gasteiger partial charge >= 0.3 is 0 Å². The van der Waals surface area contributed by atoms with Gasteiger partial charge in [0, 0.05) is 13.1 Å². The van der Waals surface area contributed by atoms with Gasteiger partial charge in [-0.05, 0) is 12.1 Å². The van der Waals surface area contributed by atoms with E-state index in [2.05, 4.69) is 22.1 Å². The van der Waals surface area contributed by atoms with Crippen LogP contribution in [0.15, 0.2) is 12.1 Å². The molecule has 0 radical (unpaired) electrons. The topological polar surface area (TPSA) is 77.8 Å². The lowest BCUT2D eigenvalue weighted by Crippen LogP contribution is -1.93. The highest BCUT2D eigenvalue weighted by atomic mass is 32.1. The number of thiazole rings is 2. The molecule has 4 nitrogen and oxygen atoms in total. The first-order valence-electron chi connectivity index (χ1n) is 4.89. The van der Waals surface area contributed by atoms with Crippen molar-refractivity contribution in [2.75, 3.05) is 0 Å². The van der Waals surface area contributed by atoms with E-state index in [1.165, 1.54) is 0 Å². The zero-order valence-electron chi connectivity index (χ0n) is 8.43. The van der Waals surface area contributed by atoms with E-state index in [-0.39, 0.29) is 0 Å². The Morgan fingerprint density at radius 1 is 0.875 bits per heavy atom. The molecule has 0 saturated heterocycles. The molecule has 0 bridgehead atoms. The molecule has 0 unspecified atom stereocenters. The highest BCUT2D eigenvalue weighted by molar-refractivity contribution is 7.20. The monoisotopic (exact) mass is 250 g/mol. The summed E-state index contributed by atoms with van der Waals surface area (Å²) in [6, 6.07) is 4.13. The number of aromatic nitrogens is 2. The first kappa shape index (κ1) is 10.1. The van der Waals surface area contributed by atoms with Gasteiger partial charge < -0.3 is 11.5 Å². The standard InChI is InChI=1S/C10H10N4S2/c11-3-9-13-5-1-7-6(2-8(5)16-9)14-10(4-12)15-7/h1-2H,3-4,11-12H2. The molecule has 2 heterocycles. The summed E-state index contributed by atoms with van der Waals surface area (Å²) in [6.45, 7) is 0.989. The predicted molar refractivity (Wildman–Crippen MR) is 68.6 cm³/mol. The average Bonchev–Trinajstić information content (AvgIpc) is 2.86. The van der Waals surface area contributed by atoms with Crippen LogP contribution in [0.2, 0.25) is 0 Å². The summed E-state index contributed by atoms with van der Waals surface area (Å²) < 4.78 is 2.28. The summed E-state index contributed by atoms with van der Waals surface area (Å²) in [5.74, 6) is 0. The van der Waals surface area contributed by atoms with Crippen molar-refractivity contribution in [3.63, 3.8) is 0 Å². The Labute approximate surface area is 99.9 Å². The zero-order valence-corrected chi connectivity index (χ0v) is 10.1. The van der Waals surface area contributed by atoms with Crippen LogP contribution in [0.4, 0.5) is 0 Å². The number of rotatable bonds is 2. The third-order valence-electron chi connectivity index (χ3n) is 2.34. The highest BCUT2D eigenvalue weighted by Crippen LogP contribution is 2.30. The Kier molecular flexibility index (Phi) is 2.36. The molecule has 0 aliphatic carbocycles. The van der Waals surface area contributed by atoms with Crippen LogP contribution < -0.4 is 11.5 Å². The van der Waals surface area contributed by atoms with Gasteiger partial charge in [-0.1, -0.05) is 0 Å². The van der Waals surface area contributed by atoms with E-state index in [1.54, 1.807) is 22.7 Å². The molecule has 16 heavy (non-hydrogen) atoms. The summed E-state index contributed by atoms with van der Waals surface area (Å²) in [4.78, 5) is 8.92. The Morgan fingerprint density at radius 3 is 1.69 bits per heavy atom. The fraction of sp³-hybridized carbons (Fsp3) is 0.200. The van der Waals surface area contributed by atoms with Crippen LogP contribution >= 0.6 is 22.7 Å². The minimum atomic E-state index is 0.495. The molecule has 0 aliphatic heterocycles.